The maximum Gasteiger partial charge on any atom is 0.510 e. The highest BCUT2D eigenvalue weighted by Crippen LogP contribution is 2.06. The van der Waals surface area contributed by atoms with E-state index < -0.39 is 6.16 Å². The third-order valence-electron chi connectivity index (χ3n) is 1.15. The lowest BCUT2D eigenvalue weighted by molar-refractivity contribution is 0.0550. The van der Waals surface area contributed by atoms with Crippen molar-refractivity contribution in [1.82, 2.24) is 4.90 Å². The molecule has 52 valence electrons. The number of likely N-dealkylation sites (N-methyl/N-ethyl adjacent to an activating group) is 1. The third-order valence-corrected chi connectivity index (χ3v) is 1.15. The van der Waals surface area contributed by atoms with Gasteiger partial charge in [-0.3, -0.25) is 4.90 Å². The van der Waals surface area contributed by atoms with Gasteiger partial charge in [-0.25, -0.2) is 4.79 Å². The van der Waals surface area contributed by atoms with Crippen LogP contribution in [0, 0.1) is 0 Å². The smallest absolute Gasteiger partial charge is 0.429 e. The first kappa shape index (κ1) is 6.35. The second-order valence-corrected chi connectivity index (χ2v) is 2.10. The Hall–Kier alpha value is -0.770. The molecule has 0 amide bonds. The molecule has 0 aromatic rings. The molecule has 9 heavy (non-hydrogen) atoms. The fourth-order valence-electron chi connectivity index (χ4n) is 0.573. The minimum absolute atomic E-state index is 0.197. The molecule has 0 aromatic heterocycles. The minimum Gasteiger partial charge on any atom is -0.429 e. The van der Waals surface area contributed by atoms with Gasteiger partial charge in [0, 0.05) is 0 Å². The van der Waals surface area contributed by atoms with Crippen LogP contribution in [0.1, 0.15) is 0 Å². The van der Waals surface area contributed by atoms with Crippen molar-refractivity contribution in [3.05, 3.63) is 0 Å². The van der Waals surface area contributed by atoms with Crippen LogP contribution in [0.2, 0.25) is 0 Å². The molecule has 1 aliphatic rings. The molecule has 4 heteroatoms. The fourth-order valence-corrected chi connectivity index (χ4v) is 0.573. The molecule has 0 N–H and O–H groups in total. The van der Waals surface area contributed by atoms with Crippen LogP contribution in [0.25, 0.3) is 0 Å². The number of carbonyl (C=O) groups excluding carboxylic acids is 1. The number of rotatable bonds is 1. The van der Waals surface area contributed by atoms with Crippen LogP contribution in [-0.2, 0) is 9.47 Å². The zero-order valence-corrected chi connectivity index (χ0v) is 5.46. The summed E-state index contributed by atoms with van der Waals surface area (Å²) in [4.78, 5) is 12.1. The van der Waals surface area contributed by atoms with E-state index in [1.807, 2.05) is 14.1 Å². The van der Waals surface area contributed by atoms with E-state index in [9.17, 15) is 4.79 Å². The molecule has 0 radical (unpaired) electrons. The Kier molecular flexibility index (Phi) is 1.57. The van der Waals surface area contributed by atoms with Gasteiger partial charge in [-0.1, -0.05) is 0 Å². The number of ether oxygens (including phenoxy) is 2. The Morgan fingerprint density at radius 2 is 2.33 bits per heavy atom. The summed E-state index contributed by atoms with van der Waals surface area (Å²) in [6.07, 6.45) is -0.772. The Morgan fingerprint density at radius 3 is 2.56 bits per heavy atom. The van der Waals surface area contributed by atoms with Crippen molar-refractivity contribution in [3.8, 4) is 0 Å². The molecular formula is C5H9NO3. The normalized spacial score (nSPS) is 26.1. The van der Waals surface area contributed by atoms with Crippen molar-refractivity contribution in [2.75, 3.05) is 20.7 Å². The molecule has 1 aliphatic heterocycles. The maximum atomic E-state index is 10.3. The molecule has 0 saturated carbocycles. The minimum atomic E-state index is -0.575. The average molecular weight is 131 g/mol. The molecule has 1 fully saturated rings. The monoisotopic (exact) mass is 131 g/mol. The molecule has 0 spiro atoms. The molecule has 1 atom stereocenters. The van der Waals surface area contributed by atoms with Gasteiger partial charge in [0.2, 0.25) is 0 Å². The molecular weight excluding hydrogens is 122 g/mol. The van der Waals surface area contributed by atoms with Crippen molar-refractivity contribution in [1.29, 1.82) is 0 Å². The predicted molar refractivity (Wildman–Crippen MR) is 29.9 cm³/mol. The van der Waals surface area contributed by atoms with Crippen molar-refractivity contribution in [3.63, 3.8) is 0 Å². The van der Waals surface area contributed by atoms with E-state index in [4.69, 9.17) is 0 Å². The highest BCUT2D eigenvalue weighted by atomic mass is 16.8. The van der Waals surface area contributed by atoms with Crippen molar-refractivity contribution in [2.24, 2.45) is 0 Å². The Bertz CT molecular complexity index is 123. The largest absolute Gasteiger partial charge is 0.510 e. The lowest BCUT2D eigenvalue weighted by Crippen LogP contribution is -2.29. The summed E-state index contributed by atoms with van der Waals surface area (Å²) in [5.41, 5.74) is 0. The van der Waals surface area contributed by atoms with E-state index in [1.165, 1.54) is 0 Å². The van der Waals surface area contributed by atoms with Gasteiger partial charge in [-0.05, 0) is 14.1 Å². The summed E-state index contributed by atoms with van der Waals surface area (Å²) in [5.74, 6) is 0. The first-order chi connectivity index (χ1) is 4.20. The van der Waals surface area contributed by atoms with E-state index in [-0.39, 0.29) is 6.23 Å². The van der Waals surface area contributed by atoms with E-state index in [0.717, 1.165) is 0 Å². The SMILES string of the molecule is CN(C)C1COC(=O)O1. The molecule has 1 unspecified atom stereocenters. The van der Waals surface area contributed by atoms with Crippen molar-refractivity contribution >= 4 is 6.16 Å². The Morgan fingerprint density at radius 1 is 1.67 bits per heavy atom. The first-order valence-electron chi connectivity index (χ1n) is 2.70. The molecule has 1 rings (SSSR count). The topological polar surface area (TPSA) is 38.8 Å². The number of cyclic esters (lactones) is 2. The van der Waals surface area contributed by atoms with Crippen LogP contribution in [0.4, 0.5) is 4.79 Å². The van der Waals surface area contributed by atoms with Gasteiger partial charge in [0.1, 0.15) is 6.61 Å². The highest BCUT2D eigenvalue weighted by molar-refractivity contribution is 5.61. The summed E-state index contributed by atoms with van der Waals surface area (Å²) >= 11 is 0. The van der Waals surface area contributed by atoms with Crippen LogP contribution in [0.5, 0.6) is 0 Å². The van der Waals surface area contributed by atoms with E-state index in [1.54, 1.807) is 4.90 Å². The number of hydrogen-bond donors (Lipinski definition) is 0. The first-order valence-corrected chi connectivity index (χ1v) is 2.70. The quantitative estimate of drug-likeness (QED) is 0.471. The summed E-state index contributed by atoms with van der Waals surface area (Å²) in [6.45, 7) is 0.339. The molecule has 1 saturated heterocycles. The molecule has 0 aliphatic carbocycles. The van der Waals surface area contributed by atoms with Crippen molar-refractivity contribution in [2.45, 2.75) is 6.23 Å². The fraction of sp³-hybridized carbons (Fsp3) is 0.800. The summed E-state index contributed by atoms with van der Waals surface area (Å²) in [6, 6.07) is 0. The third kappa shape index (κ3) is 1.32. The second-order valence-electron chi connectivity index (χ2n) is 2.10. The van der Waals surface area contributed by atoms with Crippen LogP contribution in [0.15, 0.2) is 0 Å². The lowest BCUT2D eigenvalue weighted by atomic mass is 10.6. The molecule has 0 aromatic carbocycles. The van der Waals surface area contributed by atoms with Crippen LogP contribution >= 0.6 is 0 Å². The lowest BCUT2D eigenvalue weighted by Gasteiger charge is -2.13. The number of hydrogen-bond acceptors (Lipinski definition) is 4. The zero-order chi connectivity index (χ0) is 6.85. The summed E-state index contributed by atoms with van der Waals surface area (Å²) in [7, 11) is 3.65. The number of carbonyl (C=O) groups is 1. The zero-order valence-electron chi connectivity index (χ0n) is 5.46. The van der Waals surface area contributed by atoms with Crippen LogP contribution < -0.4 is 0 Å². The van der Waals surface area contributed by atoms with Gasteiger partial charge < -0.3 is 9.47 Å². The van der Waals surface area contributed by atoms with Crippen molar-refractivity contribution < 1.29 is 14.3 Å². The van der Waals surface area contributed by atoms with Crippen LogP contribution in [0.3, 0.4) is 0 Å². The molecule has 0 bridgehead atoms. The summed E-state index contributed by atoms with van der Waals surface area (Å²) in [5, 5.41) is 0. The van der Waals surface area contributed by atoms with Gasteiger partial charge >= 0.3 is 6.16 Å². The Labute approximate surface area is 53.3 Å². The maximum absolute atomic E-state index is 10.3. The summed E-state index contributed by atoms with van der Waals surface area (Å²) < 4.78 is 9.21. The van der Waals surface area contributed by atoms with Gasteiger partial charge in [0.15, 0.2) is 6.23 Å². The molecule has 1 heterocycles. The standard InChI is InChI=1S/C5H9NO3/c1-6(2)4-3-8-5(7)9-4/h4H,3H2,1-2H3. The van der Waals surface area contributed by atoms with Crippen LogP contribution in [-0.4, -0.2) is 38.0 Å². The number of nitrogens with zero attached hydrogens (tertiary/aromatic N) is 1. The second kappa shape index (κ2) is 2.23. The van der Waals surface area contributed by atoms with Gasteiger partial charge in [0.25, 0.3) is 0 Å². The predicted octanol–water partition coefficient (Wildman–Crippen LogP) is 0.0409. The highest BCUT2D eigenvalue weighted by Gasteiger charge is 2.25. The van der Waals surface area contributed by atoms with E-state index in [2.05, 4.69) is 9.47 Å². The average Bonchev–Trinajstić information content (AvgIpc) is 2.14. The van der Waals surface area contributed by atoms with E-state index in [0.29, 0.717) is 6.61 Å². The van der Waals surface area contributed by atoms with Gasteiger partial charge in [0.05, 0.1) is 0 Å². The van der Waals surface area contributed by atoms with E-state index >= 15 is 0 Å². The molecule has 4 nitrogen and oxygen atoms in total. The Balaban J connectivity index is 2.39. The van der Waals surface area contributed by atoms with Gasteiger partial charge in [-0.15, -0.1) is 0 Å². The van der Waals surface area contributed by atoms with Gasteiger partial charge in [-0.2, -0.15) is 0 Å².